The highest BCUT2D eigenvalue weighted by molar-refractivity contribution is 5.89. The van der Waals surface area contributed by atoms with Crippen LogP contribution < -0.4 is 15.4 Å². The zero-order chi connectivity index (χ0) is 15.9. The van der Waals surface area contributed by atoms with Crippen LogP contribution >= 0.6 is 0 Å². The number of ether oxygens (including phenoxy) is 1. The van der Waals surface area contributed by atoms with E-state index in [4.69, 9.17) is 4.74 Å². The van der Waals surface area contributed by atoms with Gasteiger partial charge in [0.2, 0.25) is 5.91 Å². The number of anilines is 2. The molecule has 0 saturated heterocycles. The molecule has 116 valence electrons. The first-order valence-corrected chi connectivity index (χ1v) is 7.40. The van der Waals surface area contributed by atoms with Crippen molar-refractivity contribution in [1.82, 2.24) is 0 Å². The number of methoxy groups -OCH3 is 1. The van der Waals surface area contributed by atoms with Crippen molar-refractivity contribution in [2.24, 2.45) is 0 Å². The fourth-order valence-electron chi connectivity index (χ4n) is 2.35. The lowest BCUT2D eigenvalue weighted by Crippen LogP contribution is -2.10. The molecule has 0 bridgehead atoms. The molecule has 4 heteroatoms. The molecule has 1 amide bonds. The number of amides is 1. The van der Waals surface area contributed by atoms with E-state index in [0.717, 1.165) is 23.5 Å². The van der Waals surface area contributed by atoms with E-state index in [9.17, 15) is 4.79 Å². The maximum absolute atomic E-state index is 11.1. The molecular weight excluding hydrogens is 276 g/mol. The van der Waals surface area contributed by atoms with Gasteiger partial charge in [-0.1, -0.05) is 25.1 Å². The first-order chi connectivity index (χ1) is 10.6. The van der Waals surface area contributed by atoms with Crippen LogP contribution in [-0.2, 0) is 4.79 Å². The van der Waals surface area contributed by atoms with Crippen LogP contribution in [0.3, 0.4) is 0 Å². The molecule has 2 aromatic carbocycles. The number of hydrogen-bond donors (Lipinski definition) is 2. The van der Waals surface area contributed by atoms with Crippen LogP contribution in [0.15, 0.2) is 48.5 Å². The molecule has 0 aliphatic carbocycles. The summed E-state index contributed by atoms with van der Waals surface area (Å²) >= 11 is 0. The van der Waals surface area contributed by atoms with Crippen LogP contribution in [-0.4, -0.2) is 13.0 Å². The van der Waals surface area contributed by atoms with E-state index in [2.05, 4.69) is 29.7 Å². The molecule has 1 atom stereocenters. The Balaban J connectivity index is 2.13. The topological polar surface area (TPSA) is 50.4 Å². The molecule has 0 aromatic heterocycles. The third-order valence-corrected chi connectivity index (χ3v) is 3.45. The Bertz CT molecular complexity index is 623. The summed E-state index contributed by atoms with van der Waals surface area (Å²) in [7, 11) is 1.66. The van der Waals surface area contributed by atoms with E-state index >= 15 is 0 Å². The van der Waals surface area contributed by atoms with E-state index < -0.39 is 0 Å². The van der Waals surface area contributed by atoms with E-state index in [1.807, 2.05) is 36.4 Å². The molecule has 2 aromatic rings. The van der Waals surface area contributed by atoms with E-state index in [-0.39, 0.29) is 11.9 Å². The molecular formula is C18H22N2O2. The summed E-state index contributed by atoms with van der Waals surface area (Å²) in [4.78, 5) is 11.1. The normalized spacial score (nSPS) is 11.6. The maximum atomic E-state index is 11.1. The second-order valence-corrected chi connectivity index (χ2v) is 5.14. The van der Waals surface area contributed by atoms with Crippen molar-refractivity contribution < 1.29 is 9.53 Å². The van der Waals surface area contributed by atoms with Crippen molar-refractivity contribution in [2.75, 3.05) is 17.7 Å². The smallest absolute Gasteiger partial charge is 0.221 e. The largest absolute Gasteiger partial charge is 0.497 e. The highest BCUT2D eigenvalue weighted by atomic mass is 16.5. The van der Waals surface area contributed by atoms with Crippen molar-refractivity contribution >= 4 is 17.3 Å². The minimum absolute atomic E-state index is 0.0701. The average Bonchev–Trinajstić information content (AvgIpc) is 2.52. The number of benzene rings is 2. The molecule has 0 heterocycles. The van der Waals surface area contributed by atoms with Gasteiger partial charge in [0.1, 0.15) is 5.75 Å². The van der Waals surface area contributed by atoms with Crippen LogP contribution in [0.25, 0.3) is 0 Å². The molecule has 0 radical (unpaired) electrons. The zero-order valence-corrected chi connectivity index (χ0v) is 13.2. The molecule has 0 aliphatic heterocycles. The summed E-state index contributed by atoms with van der Waals surface area (Å²) in [6, 6.07) is 16.0. The number of carbonyl (C=O) groups excluding carboxylic acids is 1. The number of nitrogens with one attached hydrogen (secondary N) is 2. The van der Waals surface area contributed by atoms with Crippen LogP contribution in [0.4, 0.5) is 11.4 Å². The monoisotopic (exact) mass is 298 g/mol. The Morgan fingerprint density at radius 1 is 1.14 bits per heavy atom. The average molecular weight is 298 g/mol. The molecule has 0 aliphatic rings. The summed E-state index contributed by atoms with van der Waals surface area (Å²) in [5.41, 5.74) is 2.98. The molecule has 2 rings (SSSR count). The summed E-state index contributed by atoms with van der Waals surface area (Å²) in [5.74, 6) is 0.783. The standard InChI is InChI=1S/C18H22N2O2/c1-4-18(14-8-10-17(22-3)11-9-14)20-16-7-5-6-15(12-16)19-13(2)21/h5-12,18,20H,4H2,1-3H3,(H,19,21). The van der Waals surface area contributed by atoms with E-state index in [1.165, 1.54) is 12.5 Å². The molecule has 0 spiro atoms. The lowest BCUT2D eigenvalue weighted by Gasteiger charge is -2.19. The van der Waals surface area contributed by atoms with Crippen molar-refractivity contribution in [3.63, 3.8) is 0 Å². The van der Waals surface area contributed by atoms with E-state index in [0.29, 0.717) is 0 Å². The van der Waals surface area contributed by atoms with Crippen LogP contribution in [0.1, 0.15) is 31.9 Å². The third-order valence-electron chi connectivity index (χ3n) is 3.45. The summed E-state index contributed by atoms with van der Waals surface area (Å²) in [6.45, 7) is 3.64. The Hall–Kier alpha value is -2.49. The zero-order valence-electron chi connectivity index (χ0n) is 13.2. The Morgan fingerprint density at radius 2 is 1.82 bits per heavy atom. The molecule has 2 N–H and O–H groups in total. The van der Waals surface area contributed by atoms with Gasteiger partial charge < -0.3 is 15.4 Å². The van der Waals surface area contributed by atoms with Gasteiger partial charge in [-0.3, -0.25) is 4.79 Å². The first kappa shape index (κ1) is 15.9. The second kappa shape index (κ2) is 7.50. The fraction of sp³-hybridized carbons (Fsp3) is 0.278. The minimum atomic E-state index is -0.0701. The van der Waals surface area contributed by atoms with Gasteiger partial charge in [0.25, 0.3) is 0 Å². The van der Waals surface area contributed by atoms with E-state index in [1.54, 1.807) is 7.11 Å². The highest BCUT2D eigenvalue weighted by Gasteiger charge is 2.09. The summed E-state index contributed by atoms with van der Waals surface area (Å²) in [6.07, 6.45) is 0.955. The first-order valence-electron chi connectivity index (χ1n) is 7.40. The Labute approximate surface area is 131 Å². The van der Waals surface area contributed by atoms with Gasteiger partial charge in [0.15, 0.2) is 0 Å². The second-order valence-electron chi connectivity index (χ2n) is 5.14. The predicted molar refractivity (Wildman–Crippen MR) is 90.4 cm³/mol. The van der Waals surface area contributed by atoms with Gasteiger partial charge >= 0.3 is 0 Å². The van der Waals surface area contributed by atoms with Crippen molar-refractivity contribution in [3.8, 4) is 5.75 Å². The molecule has 1 unspecified atom stereocenters. The molecule has 4 nitrogen and oxygen atoms in total. The predicted octanol–water partition coefficient (Wildman–Crippen LogP) is 4.22. The van der Waals surface area contributed by atoms with Gasteiger partial charge in [0.05, 0.1) is 13.2 Å². The lowest BCUT2D eigenvalue weighted by atomic mass is 10.0. The minimum Gasteiger partial charge on any atom is -0.497 e. The van der Waals surface area contributed by atoms with Crippen molar-refractivity contribution in [2.45, 2.75) is 26.3 Å². The lowest BCUT2D eigenvalue weighted by molar-refractivity contribution is -0.114. The SMILES string of the molecule is CCC(Nc1cccc(NC(C)=O)c1)c1ccc(OC)cc1. The summed E-state index contributed by atoms with van der Waals surface area (Å²) < 4.78 is 5.19. The van der Waals surface area contributed by atoms with Gasteiger partial charge in [-0.05, 0) is 42.3 Å². The van der Waals surface area contributed by atoms with Gasteiger partial charge in [-0.2, -0.15) is 0 Å². The number of hydrogen-bond acceptors (Lipinski definition) is 3. The van der Waals surface area contributed by atoms with Crippen LogP contribution in [0.5, 0.6) is 5.75 Å². The van der Waals surface area contributed by atoms with Crippen molar-refractivity contribution in [3.05, 3.63) is 54.1 Å². The van der Waals surface area contributed by atoms with Gasteiger partial charge in [0, 0.05) is 18.3 Å². The highest BCUT2D eigenvalue weighted by Crippen LogP contribution is 2.25. The number of carbonyl (C=O) groups is 1. The summed E-state index contributed by atoms with van der Waals surface area (Å²) in [5, 5.41) is 6.30. The maximum Gasteiger partial charge on any atom is 0.221 e. The van der Waals surface area contributed by atoms with Crippen molar-refractivity contribution in [1.29, 1.82) is 0 Å². The quantitative estimate of drug-likeness (QED) is 0.839. The Morgan fingerprint density at radius 3 is 2.41 bits per heavy atom. The number of rotatable bonds is 6. The fourth-order valence-corrected chi connectivity index (χ4v) is 2.35. The van der Waals surface area contributed by atoms with Crippen LogP contribution in [0, 0.1) is 0 Å². The van der Waals surface area contributed by atoms with Crippen LogP contribution in [0.2, 0.25) is 0 Å². The molecule has 22 heavy (non-hydrogen) atoms. The molecule has 0 fully saturated rings. The van der Waals surface area contributed by atoms with Gasteiger partial charge in [-0.15, -0.1) is 0 Å². The third kappa shape index (κ3) is 4.25. The molecule has 0 saturated carbocycles. The van der Waals surface area contributed by atoms with Gasteiger partial charge in [-0.25, -0.2) is 0 Å². The Kier molecular flexibility index (Phi) is 5.42.